The number of benzene rings is 7. The number of aromatic hydroxyl groups is 2. The Morgan fingerprint density at radius 2 is 0.878 bits per heavy atom. The molecular formula is C37H28B2O2. The molecule has 2 N–H and O–H groups in total. The molecule has 7 rings (SSSR count). The molecule has 0 bridgehead atoms. The second-order valence-corrected chi connectivity index (χ2v) is 10.9. The van der Waals surface area contributed by atoms with E-state index in [2.05, 4.69) is 115 Å². The largest absolute Gasteiger partial charge is 0.508 e. The van der Waals surface area contributed by atoms with E-state index in [0.29, 0.717) is 5.56 Å². The highest BCUT2D eigenvalue weighted by atomic mass is 16.3. The Bertz CT molecular complexity index is 2060. The van der Waals surface area contributed by atoms with Gasteiger partial charge in [-0.2, -0.15) is 0 Å². The van der Waals surface area contributed by atoms with E-state index in [0.717, 1.165) is 49.2 Å². The van der Waals surface area contributed by atoms with Crippen molar-refractivity contribution in [3.63, 3.8) is 0 Å². The van der Waals surface area contributed by atoms with Gasteiger partial charge >= 0.3 is 0 Å². The van der Waals surface area contributed by atoms with Crippen LogP contribution < -0.4 is 10.9 Å². The van der Waals surface area contributed by atoms with Crippen LogP contribution in [-0.4, -0.2) is 25.9 Å². The molecule has 41 heavy (non-hydrogen) atoms. The fourth-order valence-corrected chi connectivity index (χ4v) is 6.57. The summed E-state index contributed by atoms with van der Waals surface area (Å²) < 4.78 is 0. The quantitative estimate of drug-likeness (QED) is 0.207. The Morgan fingerprint density at radius 3 is 1.44 bits per heavy atom. The van der Waals surface area contributed by atoms with Crippen LogP contribution in [0.2, 0.25) is 0 Å². The minimum absolute atomic E-state index is 0.143. The summed E-state index contributed by atoms with van der Waals surface area (Å²) in [4.78, 5) is 0. The van der Waals surface area contributed by atoms with Crippen molar-refractivity contribution in [3.05, 3.63) is 121 Å². The Labute approximate surface area is 241 Å². The fraction of sp³-hybridized carbons (Fsp3) is 0.0270. The van der Waals surface area contributed by atoms with Crippen LogP contribution in [0.4, 0.5) is 0 Å². The van der Waals surface area contributed by atoms with Gasteiger partial charge in [-0.15, -0.1) is 0 Å². The van der Waals surface area contributed by atoms with E-state index in [9.17, 15) is 10.2 Å². The summed E-state index contributed by atoms with van der Waals surface area (Å²) in [7, 11) is 3.88. The fourth-order valence-electron chi connectivity index (χ4n) is 6.57. The van der Waals surface area contributed by atoms with Crippen molar-refractivity contribution < 1.29 is 10.2 Å². The normalized spacial score (nSPS) is 11.4. The summed E-state index contributed by atoms with van der Waals surface area (Å²) in [6.45, 7) is 1.76. The van der Waals surface area contributed by atoms with E-state index in [1.54, 1.807) is 6.92 Å². The molecule has 0 saturated carbocycles. The van der Waals surface area contributed by atoms with E-state index in [1.807, 2.05) is 15.7 Å². The Balaban J connectivity index is 1.51. The SMILES string of the molecule is Bc1c(O)c(C)c(O)c(B)c1-c1c2ccccc2c(-c2ccc(-c3cccc4ccccc34)cc2)c2ccccc12. The molecule has 0 spiro atoms. The molecule has 194 valence electrons. The van der Waals surface area contributed by atoms with Gasteiger partial charge in [0, 0.05) is 5.56 Å². The minimum Gasteiger partial charge on any atom is -0.508 e. The maximum atomic E-state index is 11.0. The lowest BCUT2D eigenvalue weighted by molar-refractivity contribution is 0.449. The number of phenolic OH excluding ortho intramolecular Hbond substituents is 2. The van der Waals surface area contributed by atoms with E-state index >= 15 is 0 Å². The molecule has 0 fully saturated rings. The topological polar surface area (TPSA) is 40.5 Å². The Hall–Kier alpha value is -4.95. The van der Waals surface area contributed by atoms with Gasteiger partial charge in [-0.3, -0.25) is 0 Å². The van der Waals surface area contributed by atoms with Crippen LogP contribution in [0.3, 0.4) is 0 Å². The van der Waals surface area contributed by atoms with Gasteiger partial charge in [-0.1, -0.05) is 115 Å². The van der Waals surface area contributed by atoms with E-state index in [4.69, 9.17) is 0 Å². The maximum Gasteiger partial charge on any atom is 0.145 e. The first kappa shape index (κ1) is 25.0. The van der Waals surface area contributed by atoms with Gasteiger partial charge in [-0.05, 0) is 83.5 Å². The molecule has 0 aliphatic rings. The van der Waals surface area contributed by atoms with Gasteiger partial charge in [0.2, 0.25) is 0 Å². The van der Waals surface area contributed by atoms with E-state index in [-0.39, 0.29) is 11.5 Å². The van der Waals surface area contributed by atoms with Gasteiger partial charge in [0.1, 0.15) is 27.2 Å². The third-order valence-corrected chi connectivity index (χ3v) is 8.63. The molecule has 0 heterocycles. The first-order valence-electron chi connectivity index (χ1n) is 14.0. The van der Waals surface area contributed by atoms with Crippen molar-refractivity contribution in [2.45, 2.75) is 6.92 Å². The molecule has 0 unspecified atom stereocenters. The molecule has 4 heteroatoms. The highest BCUT2D eigenvalue weighted by Gasteiger charge is 2.22. The summed E-state index contributed by atoms with van der Waals surface area (Å²) in [6.07, 6.45) is 0. The predicted molar refractivity (Wildman–Crippen MR) is 180 cm³/mol. The van der Waals surface area contributed by atoms with E-state index in [1.165, 1.54) is 27.5 Å². The lowest BCUT2D eigenvalue weighted by Gasteiger charge is -2.22. The molecule has 7 aromatic carbocycles. The number of rotatable bonds is 3. The van der Waals surface area contributed by atoms with Crippen molar-refractivity contribution in [1.82, 2.24) is 0 Å². The third kappa shape index (κ3) is 3.82. The van der Waals surface area contributed by atoms with Crippen LogP contribution in [0.1, 0.15) is 5.56 Å². The van der Waals surface area contributed by atoms with Gasteiger partial charge in [0.25, 0.3) is 0 Å². The highest BCUT2D eigenvalue weighted by Crippen LogP contribution is 2.44. The first-order chi connectivity index (χ1) is 20.0. The van der Waals surface area contributed by atoms with Crippen molar-refractivity contribution in [2.75, 3.05) is 0 Å². The number of fused-ring (bicyclic) bond motifs is 3. The van der Waals surface area contributed by atoms with Crippen LogP contribution in [-0.2, 0) is 0 Å². The van der Waals surface area contributed by atoms with Crippen LogP contribution in [0.25, 0.3) is 65.7 Å². The van der Waals surface area contributed by atoms with Gasteiger partial charge in [0.15, 0.2) is 0 Å². The molecule has 0 aliphatic heterocycles. The van der Waals surface area contributed by atoms with E-state index < -0.39 is 0 Å². The average molecular weight is 526 g/mol. The number of hydrogen-bond acceptors (Lipinski definition) is 2. The first-order valence-corrected chi connectivity index (χ1v) is 14.0. The monoisotopic (exact) mass is 526 g/mol. The predicted octanol–water partition coefficient (Wildman–Crippen LogP) is 6.38. The lowest BCUT2D eigenvalue weighted by Crippen LogP contribution is -2.22. The zero-order valence-corrected chi connectivity index (χ0v) is 23.4. The minimum atomic E-state index is 0.143. The lowest BCUT2D eigenvalue weighted by atomic mass is 9.73. The van der Waals surface area contributed by atoms with Gasteiger partial charge in [-0.25, -0.2) is 0 Å². The molecular weight excluding hydrogens is 498 g/mol. The molecule has 7 aromatic rings. The Kier molecular flexibility index (Phi) is 5.87. The zero-order valence-electron chi connectivity index (χ0n) is 23.4. The zero-order chi connectivity index (χ0) is 28.2. The van der Waals surface area contributed by atoms with Crippen LogP contribution >= 0.6 is 0 Å². The molecule has 2 nitrogen and oxygen atoms in total. The second kappa shape index (κ2) is 9.60. The molecule has 0 radical (unpaired) electrons. The molecule has 0 saturated heterocycles. The standard InChI is InChI=1S/C37H28B2O2/c1-21-36(40)34(38)33(35(39)37(21)41)32-29-14-6-4-12-27(29)31(28-13-5-7-15-30(28)32)24-19-17-23(18-20-24)26-16-8-10-22-9-2-3-11-25(22)26/h2-20,40-41H,38-39H2,1H3. The molecule has 0 aromatic heterocycles. The van der Waals surface area contributed by atoms with Crippen LogP contribution in [0.5, 0.6) is 11.5 Å². The van der Waals surface area contributed by atoms with Crippen LogP contribution in [0, 0.1) is 6.92 Å². The smallest absolute Gasteiger partial charge is 0.145 e. The Morgan fingerprint density at radius 1 is 0.439 bits per heavy atom. The van der Waals surface area contributed by atoms with Crippen molar-refractivity contribution in [1.29, 1.82) is 0 Å². The third-order valence-electron chi connectivity index (χ3n) is 8.63. The number of hydrogen-bond donors (Lipinski definition) is 2. The van der Waals surface area contributed by atoms with Crippen LogP contribution in [0.15, 0.2) is 115 Å². The highest BCUT2D eigenvalue weighted by molar-refractivity contribution is 6.48. The van der Waals surface area contributed by atoms with Crippen molar-refractivity contribution in [3.8, 4) is 44.9 Å². The molecule has 0 aliphatic carbocycles. The second-order valence-electron chi connectivity index (χ2n) is 10.9. The number of phenols is 2. The summed E-state index contributed by atoms with van der Waals surface area (Å²) in [6, 6.07) is 40.8. The van der Waals surface area contributed by atoms with Gasteiger partial charge in [0.05, 0.1) is 0 Å². The summed E-state index contributed by atoms with van der Waals surface area (Å²) in [5, 5.41) is 28.9. The van der Waals surface area contributed by atoms with Crippen molar-refractivity contribution >= 4 is 58.9 Å². The summed E-state index contributed by atoms with van der Waals surface area (Å²) in [5.74, 6) is 0.286. The summed E-state index contributed by atoms with van der Waals surface area (Å²) in [5.41, 5.74) is 8.73. The average Bonchev–Trinajstić information content (AvgIpc) is 3.02. The van der Waals surface area contributed by atoms with Crippen molar-refractivity contribution in [2.24, 2.45) is 0 Å². The molecule has 0 atom stereocenters. The summed E-state index contributed by atoms with van der Waals surface area (Å²) >= 11 is 0. The molecule has 0 amide bonds. The van der Waals surface area contributed by atoms with Gasteiger partial charge < -0.3 is 10.2 Å². The maximum absolute atomic E-state index is 11.0.